The predicted molar refractivity (Wildman–Crippen MR) is 111 cm³/mol. The fraction of sp³-hybridized carbons (Fsp3) is 0.111. The normalized spacial score (nSPS) is 10.7. The molecular weight excluding hydrogens is 476 g/mol. The van der Waals surface area contributed by atoms with Crippen molar-refractivity contribution < 1.29 is 27.2 Å². The SMILES string of the molecule is O=C(CSc1nnc(SCC(=O)Nc2ccc(F)cc2F)s1)Nc1ccc(F)cc1F. The van der Waals surface area contributed by atoms with Gasteiger partial charge in [-0.15, -0.1) is 10.2 Å². The first-order chi connectivity index (χ1) is 14.8. The third-order valence-corrected chi connectivity index (χ3v) is 6.64. The maximum Gasteiger partial charge on any atom is 0.234 e. The zero-order valence-corrected chi connectivity index (χ0v) is 17.8. The van der Waals surface area contributed by atoms with Crippen LogP contribution < -0.4 is 10.6 Å². The number of hydrogen-bond donors (Lipinski definition) is 2. The first kappa shape index (κ1) is 23.0. The lowest BCUT2D eigenvalue weighted by Crippen LogP contribution is -2.15. The largest absolute Gasteiger partial charge is 0.323 e. The van der Waals surface area contributed by atoms with Gasteiger partial charge in [-0.1, -0.05) is 34.9 Å². The molecule has 0 fully saturated rings. The highest BCUT2D eigenvalue weighted by molar-refractivity contribution is 8.03. The number of anilines is 2. The zero-order valence-electron chi connectivity index (χ0n) is 15.3. The first-order valence-electron chi connectivity index (χ1n) is 8.39. The molecule has 0 aliphatic heterocycles. The average molecular weight is 489 g/mol. The van der Waals surface area contributed by atoms with E-state index in [1.807, 2.05) is 0 Å². The van der Waals surface area contributed by atoms with Crippen LogP contribution in [0.2, 0.25) is 0 Å². The van der Waals surface area contributed by atoms with Gasteiger partial charge in [0.25, 0.3) is 0 Å². The molecule has 0 unspecified atom stereocenters. The van der Waals surface area contributed by atoms with Gasteiger partial charge in [0.05, 0.1) is 22.9 Å². The standard InChI is InChI=1S/C18H12F4N4O2S3/c19-9-1-3-13(11(21)5-9)23-15(27)7-29-17-25-26-18(31-17)30-8-16(28)24-14-4-2-10(20)6-12(14)22/h1-6H,7-8H2,(H,23,27)(H,24,28). The molecule has 1 aromatic heterocycles. The van der Waals surface area contributed by atoms with Gasteiger partial charge in [-0.05, 0) is 24.3 Å². The number of carbonyl (C=O) groups is 2. The minimum absolute atomic E-state index is 0.0829. The van der Waals surface area contributed by atoms with Crippen molar-refractivity contribution >= 4 is 58.0 Å². The lowest BCUT2D eigenvalue weighted by atomic mass is 10.3. The summed E-state index contributed by atoms with van der Waals surface area (Å²) in [5.41, 5.74) is -0.270. The zero-order chi connectivity index (χ0) is 22.4. The number of aromatic nitrogens is 2. The van der Waals surface area contributed by atoms with Gasteiger partial charge in [-0.2, -0.15) is 0 Å². The predicted octanol–water partition coefficient (Wildman–Crippen LogP) is 4.56. The second kappa shape index (κ2) is 10.6. The van der Waals surface area contributed by atoms with Crippen LogP contribution in [0.25, 0.3) is 0 Å². The van der Waals surface area contributed by atoms with E-state index < -0.39 is 35.1 Å². The number of benzene rings is 2. The number of thioether (sulfide) groups is 2. The highest BCUT2D eigenvalue weighted by atomic mass is 32.2. The van der Waals surface area contributed by atoms with E-state index in [1.54, 1.807) is 0 Å². The van der Waals surface area contributed by atoms with Crippen molar-refractivity contribution in [3.05, 3.63) is 59.7 Å². The molecule has 0 atom stereocenters. The Hall–Kier alpha value is -2.64. The molecule has 13 heteroatoms. The molecule has 0 saturated heterocycles. The molecule has 0 radical (unpaired) electrons. The number of nitrogens with zero attached hydrogens (tertiary/aromatic N) is 2. The fourth-order valence-corrected chi connectivity index (χ4v) is 4.74. The van der Waals surface area contributed by atoms with Gasteiger partial charge in [0.15, 0.2) is 8.68 Å². The molecule has 2 amide bonds. The Labute approximate surface area is 185 Å². The summed E-state index contributed by atoms with van der Waals surface area (Å²) >= 11 is 3.25. The molecule has 2 N–H and O–H groups in total. The average Bonchev–Trinajstić information content (AvgIpc) is 3.17. The lowest BCUT2D eigenvalue weighted by Gasteiger charge is -2.05. The Kier molecular flexibility index (Phi) is 7.87. The number of amides is 2. The number of hydrogen-bond acceptors (Lipinski definition) is 7. The van der Waals surface area contributed by atoms with E-state index >= 15 is 0 Å². The topological polar surface area (TPSA) is 84.0 Å². The van der Waals surface area contributed by atoms with E-state index in [1.165, 1.54) is 0 Å². The summed E-state index contributed by atoms with van der Waals surface area (Å²) in [4.78, 5) is 23.8. The monoisotopic (exact) mass is 488 g/mol. The van der Waals surface area contributed by atoms with Crippen molar-refractivity contribution in [3.63, 3.8) is 0 Å². The lowest BCUT2D eigenvalue weighted by molar-refractivity contribution is -0.114. The van der Waals surface area contributed by atoms with Gasteiger partial charge in [-0.25, -0.2) is 17.6 Å². The Morgan fingerprint density at radius 3 is 1.58 bits per heavy atom. The van der Waals surface area contributed by atoms with Crippen molar-refractivity contribution in [2.75, 3.05) is 22.1 Å². The molecule has 0 aliphatic carbocycles. The van der Waals surface area contributed by atoms with Crippen LogP contribution in [0.3, 0.4) is 0 Å². The summed E-state index contributed by atoms with van der Waals surface area (Å²) in [6, 6.07) is 5.63. The van der Waals surface area contributed by atoms with Gasteiger partial charge in [0, 0.05) is 12.1 Å². The molecule has 3 rings (SSSR count). The maximum absolute atomic E-state index is 13.6. The minimum atomic E-state index is -0.883. The second-order valence-electron chi connectivity index (χ2n) is 5.76. The fourth-order valence-electron chi connectivity index (χ4n) is 2.12. The first-order valence-corrected chi connectivity index (χ1v) is 11.2. The van der Waals surface area contributed by atoms with Crippen LogP contribution in [-0.4, -0.2) is 33.5 Å². The quantitative estimate of drug-likeness (QED) is 0.357. The molecule has 0 aliphatic rings. The van der Waals surface area contributed by atoms with Crippen LogP contribution in [0, 0.1) is 23.3 Å². The van der Waals surface area contributed by atoms with E-state index in [0.29, 0.717) is 20.8 Å². The van der Waals surface area contributed by atoms with Crippen LogP contribution in [-0.2, 0) is 9.59 Å². The van der Waals surface area contributed by atoms with Crippen molar-refractivity contribution in [3.8, 4) is 0 Å². The molecule has 0 spiro atoms. The van der Waals surface area contributed by atoms with Gasteiger partial charge >= 0.3 is 0 Å². The highest BCUT2D eigenvalue weighted by Gasteiger charge is 2.13. The number of nitrogens with one attached hydrogen (secondary N) is 2. The maximum atomic E-state index is 13.6. The van der Waals surface area contributed by atoms with E-state index in [0.717, 1.165) is 59.1 Å². The van der Waals surface area contributed by atoms with Crippen molar-refractivity contribution in [2.45, 2.75) is 8.68 Å². The Morgan fingerprint density at radius 2 is 1.19 bits per heavy atom. The molecule has 3 aromatic rings. The van der Waals surface area contributed by atoms with E-state index in [-0.39, 0.29) is 22.9 Å². The molecule has 162 valence electrons. The van der Waals surface area contributed by atoms with Crippen LogP contribution >= 0.6 is 34.9 Å². The van der Waals surface area contributed by atoms with E-state index in [9.17, 15) is 27.2 Å². The van der Waals surface area contributed by atoms with Gasteiger partial charge < -0.3 is 10.6 Å². The number of carbonyl (C=O) groups excluding carboxylic acids is 2. The van der Waals surface area contributed by atoms with E-state index in [4.69, 9.17) is 0 Å². The number of halogens is 4. The summed E-state index contributed by atoms with van der Waals surface area (Å²) in [6.07, 6.45) is 0. The highest BCUT2D eigenvalue weighted by Crippen LogP contribution is 2.29. The van der Waals surface area contributed by atoms with Crippen molar-refractivity contribution in [1.82, 2.24) is 10.2 Å². The second-order valence-corrected chi connectivity index (χ2v) is 9.18. The summed E-state index contributed by atoms with van der Waals surface area (Å²) < 4.78 is 53.8. The molecule has 31 heavy (non-hydrogen) atoms. The van der Waals surface area contributed by atoms with Crippen LogP contribution in [0.1, 0.15) is 0 Å². The summed E-state index contributed by atoms with van der Waals surface area (Å²) in [5, 5.41) is 12.4. The number of rotatable bonds is 8. The molecule has 2 aromatic carbocycles. The molecular formula is C18H12F4N4O2S3. The minimum Gasteiger partial charge on any atom is -0.323 e. The molecule has 6 nitrogen and oxygen atoms in total. The van der Waals surface area contributed by atoms with Crippen molar-refractivity contribution in [2.24, 2.45) is 0 Å². The Balaban J connectivity index is 1.44. The van der Waals surface area contributed by atoms with Crippen LogP contribution in [0.5, 0.6) is 0 Å². The molecule has 0 bridgehead atoms. The van der Waals surface area contributed by atoms with Crippen molar-refractivity contribution in [1.29, 1.82) is 0 Å². The third-order valence-electron chi connectivity index (χ3n) is 3.45. The molecule has 0 saturated carbocycles. The van der Waals surface area contributed by atoms with Gasteiger partial charge in [0.2, 0.25) is 11.8 Å². The van der Waals surface area contributed by atoms with Crippen LogP contribution in [0.4, 0.5) is 28.9 Å². The van der Waals surface area contributed by atoms with Crippen LogP contribution in [0.15, 0.2) is 45.1 Å². The Morgan fingerprint density at radius 1 is 0.774 bits per heavy atom. The molecule has 1 heterocycles. The van der Waals surface area contributed by atoms with E-state index in [2.05, 4.69) is 20.8 Å². The third kappa shape index (κ3) is 6.94. The summed E-state index contributed by atoms with van der Waals surface area (Å²) in [6.45, 7) is 0. The smallest absolute Gasteiger partial charge is 0.234 e. The van der Waals surface area contributed by atoms with Gasteiger partial charge in [-0.3, -0.25) is 9.59 Å². The van der Waals surface area contributed by atoms with Gasteiger partial charge in [0.1, 0.15) is 23.3 Å². The summed E-state index contributed by atoms with van der Waals surface area (Å²) in [5.74, 6) is -4.46. The Bertz CT molecular complexity index is 1030. The summed E-state index contributed by atoms with van der Waals surface area (Å²) in [7, 11) is 0.